The summed E-state index contributed by atoms with van der Waals surface area (Å²) in [6.07, 6.45) is 1.40. The van der Waals surface area contributed by atoms with E-state index in [4.69, 9.17) is 11.6 Å². The molecule has 2 N–H and O–H groups in total. The molecule has 1 amide bonds. The van der Waals surface area contributed by atoms with E-state index >= 15 is 0 Å². The van der Waals surface area contributed by atoms with Gasteiger partial charge in [-0.3, -0.25) is 4.79 Å². The van der Waals surface area contributed by atoms with E-state index in [1.54, 1.807) is 24.3 Å². The lowest BCUT2D eigenvalue weighted by molar-refractivity contribution is 0.0600. The van der Waals surface area contributed by atoms with Gasteiger partial charge in [0.15, 0.2) is 0 Å². The fraction of sp³-hybridized carbons (Fsp3) is 0.0625. The van der Waals surface area contributed by atoms with Crippen LogP contribution in [0, 0.1) is 0 Å². The highest BCUT2D eigenvalue weighted by molar-refractivity contribution is 6.31. The van der Waals surface area contributed by atoms with Gasteiger partial charge in [-0.15, -0.1) is 0 Å². The molecule has 0 atom stereocenters. The molecule has 2 aromatic rings. The van der Waals surface area contributed by atoms with E-state index in [9.17, 15) is 14.7 Å². The fourth-order valence-electron chi connectivity index (χ4n) is 1.74. The molecule has 6 nitrogen and oxygen atoms in total. The first-order valence-corrected chi connectivity index (χ1v) is 6.89. The van der Waals surface area contributed by atoms with Gasteiger partial charge in [0, 0.05) is 5.02 Å². The highest BCUT2D eigenvalue weighted by atomic mass is 35.5. The van der Waals surface area contributed by atoms with E-state index in [-0.39, 0.29) is 11.3 Å². The third-order valence-electron chi connectivity index (χ3n) is 2.91. The molecule has 0 saturated heterocycles. The summed E-state index contributed by atoms with van der Waals surface area (Å²) in [5, 5.41) is 13.7. The number of esters is 1. The number of nitrogens with zero attached hydrogens (tertiary/aromatic N) is 1. The van der Waals surface area contributed by atoms with Crippen LogP contribution in [0.4, 0.5) is 0 Å². The summed E-state index contributed by atoms with van der Waals surface area (Å²) in [6.45, 7) is 0. The molecule has 0 radical (unpaired) electrons. The Kier molecular flexibility index (Phi) is 5.32. The van der Waals surface area contributed by atoms with E-state index < -0.39 is 11.9 Å². The Morgan fingerprint density at radius 2 is 1.91 bits per heavy atom. The van der Waals surface area contributed by atoms with Crippen molar-refractivity contribution in [2.45, 2.75) is 0 Å². The average Bonchev–Trinajstić information content (AvgIpc) is 2.56. The normalized spacial score (nSPS) is 10.5. The van der Waals surface area contributed by atoms with E-state index in [0.717, 1.165) is 0 Å². The standard InChI is InChI=1S/C16H13ClN2O4/c1-23-16(22)11-4-2-10(3-5-11)9-18-19-15(21)13-8-12(17)6-7-14(13)20/h2-9,20H,1H3,(H,19,21). The minimum atomic E-state index is -0.590. The Labute approximate surface area is 137 Å². The van der Waals surface area contributed by atoms with Crippen molar-refractivity contribution in [3.63, 3.8) is 0 Å². The SMILES string of the molecule is COC(=O)c1ccc(C=NNC(=O)c2cc(Cl)ccc2O)cc1. The van der Waals surface area contributed by atoms with Crippen LogP contribution in [0.3, 0.4) is 0 Å². The molecule has 0 aliphatic heterocycles. The second-order valence-corrected chi connectivity index (χ2v) is 4.91. The second-order valence-electron chi connectivity index (χ2n) is 4.47. The average molecular weight is 333 g/mol. The van der Waals surface area contributed by atoms with Crippen LogP contribution in [0.5, 0.6) is 5.75 Å². The van der Waals surface area contributed by atoms with Crippen LogP contribution >= 0.6 is 11.6 Å². The number of rotatable bonds is 4. The predicted molar refractivity (Wildman–Crippen MR) is 86.0 cm³/mol. The van der Waals surface area contributed by atoms with Crippen LogP contribution in [0.25, 0.3) is 0 Å². The van der Waals surface area contributed by atoms with Crippen LogP contribution in [0.15, 0.2) is 47.6 Å². The molecule has 0 unspecified atom stereocenters. The number of phenolic OH excluding ortho intramolecular Hbond substituents is 1. The molecule has 7 heteroatoms. The summed E-state index contributed by atoms with van der Waals surface area (Å²) < 4.78 is 4.59. The van der Waals surface area contributed by atoms with Gasteiger partial charge in [-0.05, 0) is 35.9 Å². The summed E-state index contributed by atoms with van der Waals surface area (Å²) in [5.74, 6) is -1.21. The molecular formula is C16H13ClN2O4. The largest absolute Gasteiger partial charge is 0.507 e. The monoisotopic (exact) mass is 332 g/mol. The molecule has 0 aliphatic carbocycles. The molecule has 118 valence electrons. The van der Waals surface area contributed by atoms with Crippen molar-refractivity contribution in [2.75, 3.05) is 7.11 Å². The minimum absolute atomic E-state index is 0.0238. The summed E-state index contributed by atoms with van der Waals surface area (Å²) in [6, 6.07) is 10.6. The number of hydrazone groups is 1. The van der Waals surface area contributed by atoms with E-state index in [2.05, 4.69) is 15.3 Å². The van der Waals surface area contributed by atoms with Crippen LogP contribution in [0.2, 0.25) is 5.02 Å². The maximum absolute atomic E-state index is 11.9. The minimum Gasteiger partial charge on any atom is -0.507 e. The van der Waals surface area contributed by atoms with Gasteiger partial charge in [0.2, 0.25) is 0 Å². The molecular weight excluding hydrogens is 320 g/mol. The summed E-state index contributed by atoms with van der Waals surface area (Å²) in [4.78, 5) is 23.2. The molecule has 2 rings (SSSR count). The zero-order valence-corrected chi connectivity index (χ0v) is 12.9. The van der Waals surface area contributed by atoms with E-state index in [1.807, 2.05) is 0 Å². The molecule has 0 aromatic heterocycles. The number of methoxy groups -OCH3 is 1. The van der Waals surface area contributed by atoms with Crippen LogP contribution in [0.1, 0.15) is 26.3 Å². The molecule has 2 aromatic carbocycles. The number of hydrogen-bond donors (Lipinski definition) is 2. The molecule has 0 fully saturated rings. The summed E-state index contributed by atoms with van der Waals surface area (Å²) in [5.41, 5.74) is 3.40. The quantitative estimate of drug-likeness (QED) is 0.512. The lowest BCUT2D eigenvalue weighted by Gasteiger charge is -2.03. The molecule has 0 aliphatic rings. The summed E-state index contributed by atoms with van der Waals surface area (Å²) in [7, 11) is 1.30. The Balaban J connectivity index is 2.02. The smallest absolute Gasteiger partial charge is 0.337 e. The molecule has 0 saturated carbocycles. The summed E-state index contributed by atoms with van der Waals surface area (Å²) >= 11 is 5.78. The first-order valence-electron chi connectivity index (χ1n) is 6.51. The van der Waals surface area contributed by atoms with Gasteiger partial charge >= 0.3 is 5.97 Å². The highest BCUT2D eigenvalue weighted by Crippen LogP contribution is 2.21. The first kappa shape index (κ1) is 16.5. The topological polar surface area (TPSA) is 88.0 Å². The van der Waals surface area contributed by atoms with Gasteiger partial charge in [-0.2, -0.15) is 5.10 Å². The maximum atomic E-state index is 11.9. The number of carbonyl (C=O) groups is 2. The second kappa shape index (κ2) is 7.42. The molecule has 0 heterocycles. The number of benzene rings is 2. The molecule has 23 heavy (non-hydrogen) atoms. The van der Waals surface area contributed by atoms with Crippen LogP contribution < -0.4 is 5.43 Å². The zero-order chi connectivity index (χ0) is 16.8. The number of aromatic hydroxyl groups is 1. The lowest BCUT2D eigenvalue weighted by Crippen LogP contribution is -2.17. The van der Waals surface area contributed by atoms with Gasteiger partial charge in [0.05, 0.1) is 24.5 Å². The number of hydrogen-bond acceptors (Lipinski definition) is 5. The Hall–Kier alpha value is -2.86. The van der Waals surface area contributed by atoms with Crippen molar-refractivity contribution in [1.29, 1.82) is 0 Å². The van der Waals surface area contributed by atoms with Crippen molar-refractivity contribution in [3.05, 3.63) is 64.2 Å². The van der Waals surface area contributed by atoms with Crippen LogP contribution in [-0.2, 0) is 4.74 Å². The van der Waals surface area contributed by atoms with Gasteiger partial charge in [-0.1, -0.05) is 23.7 Å². The van der Waals surface area contributed by atoms with E-state index in [0.29, 0.717) is 16.1 Å². The Bertz CT molecular complexity index is 757. The third-order valence-corrected chi connectivity index (χ3v) is 3.15. The number of ether oxygens (including phenoxy) is 1. The fourth-order valence-corrected chi connectivity index (χ4v) is 1.91. The van der Waals surface area contributed by atoms with Crippen molar-refractivity contribution >= 4 is 29.7 Å². The van der Waals surface area contributed by atoms with Gasteiger partial charge in [0.25, 0.3) is 5.91 Å². The number of carbonyl (C=O) groups excluding carboxylic acids is 2. The highest BCUT2D eigenvalue weighted by Gasteiger charge is 2.10. The van der Waals surface area contributed by atoms with Crippen LogP contribution in [-0.4, -0.2) is 30.3 Å². The number of phenols is 1. The van der Waals surface area contributed by atoms with Gasteiger partial charge in [-0.25, -0.2) is 10.2 Å². The van der Waals surface area contributed by atoms with Gasteiger partial charge < -0.3 is 9.84 Å². The maximum Gasteiger partial charge on any atom is 0.337 e. The Morgan fingerprint density at radius 1 is 1.22 bits per heavy atom. The predicted octanol–water partition coefficient (Wildman–Crippen LogP) is 2.60. The van der Waals surface area contributed by atoms with Crippen molar-refractivity contribution in [1.82, 2.24) is 5.43 Å². The third kappa shape index (κ3) is 4.31. The lowest BCUT2D eigenvalue weighted by atomic mass is 10.1. The van der Waals surface area contributed by atoms with Crippen molar-refractivity contribution < 1.29 is 19.4 Å². The van der Waals surface area contributed by atoms with Crippen molar-refractivity contribution in [3.8, 4) is 5.75 Å². The van der Waals surface area contributed by atoms with Gasteiger partial charge in [0.1, 0.15) is 5.75 Å². The molecule has 0 bridgehead atoms. The number of amides is 1. The van der Waals surface area contributed by atoms with E-state index in [1.165, 1.54) is 31.5 Å². The number of halogens is 1. The Morgan fingerprint density at radius 3 is 2.57 bits per heavy atom. The first-order chi connectivity index (χ1) is 11.0. The zero-order valence-electron chi connectivity index (χ0n) is 12.1. The molecule has 0 spiro atoms. The number of nitrogens with one attached hydrogen (secondary N) is 1. The van der Waals surface area contributed by atoms with Crippen molar-refractivity contribution in [2.24, 2.45) is 5.10 Å².